The molecule has 0 aliphatic heterocycles. The normalized spacial score (nSPS) is 12.1. The SMILES string of the molecule is COc1cc(F)c(C(Cl)c2ccc(F)c(F)c2)cc1OC. The van der Waals surface area contributed by atoms with Crippen molar-refractivity contribution in [2.45, 2.75) is 5.38 Å². The first-order chi connectivity index (χ1) is 9.97. The number of halogens is 4. The second kappa shape index (κ2) is 6.26. The molecule has 1 unspecified atom stereocenters. The molecule has 0 aliphatic carbocycles. The van der Waals surface area contributed by atoms with Crippen LogP contribution in [0.2, 0.25) is 0 Å². The quantitative estimate of drug-likeness (QED) is 0.776. The van der Waals surface area contributed by atoms with Gasteiger partial charge in [-0.15, -0.1) is 11.6 Å². The first-order valence-corrected chi connectivity index (χ1v) is 6.42. The number of methoxy groups -OCH3 is 2. The monoisotopic (exact) mass is 316 g/mol. The van der Waals surface area contributed by atoms with Gasteiger partial charge in [0.15, 0.2) is 23.1 Å². The Morgan fingerprint density at radius 1 is 0.857 bits per heavy atom. The molecule has 0 amide bonds. The van der Waals surface area contributed by atoms with Gasteiger partial charge in [-0.3, -0.25) is 0 Å². The van der Waals surface area contributed by atoms with Crippen LogP contribution < -0.4 is 9.47 Å². The molecule has 0 spiro atoms. The fourth-order valence-electron chi connectivity index (χ4n) is 1.91. The first kappa shape index (κ1) is 15.5. The third-order valence-corrected chi connectivity index (χ3v) is 3.50. The van der Waals surface area contributed by atoms with E-state index in [-0.39, 0.29) is 16.9 Å². The Kier molecular flexibility index (Phi) is 4.63. The van der Waals surface area contributed by atoms with Crippen molar-refractivity contribution in [3.05, 3.63) is 58.9 Å². The van der Waals surface area contributed by atoms with Gasteiger partial charge in [-0.25, -0.2) is 13.2 Å². The van der Waals surface area contributed by atoms with E-state index in [4.69, 9.17) is 21.1 Å². The van der Waals surface area contributed by atoms with Gasteiger partial charge in [0, 0.05) is 11.6 Å². The molecule has 1 atom stereocenters. The van der Waals surface area contributed by atoms with E-state index < -0.39 is 22.8 Å². The fraction of sp³-hybridized carbons (Fsp3) is 0.200. The Hall–Kier alpha value is -1.88. The smallest absolute Gasteiger partial charge is 0.163 e. The summed E-state index contributed by atoms with van der Waals surface area (Å²) in [5, 5.41) is -0.986. The molecule has 2 aromatic carbocycles. The minimum atomic E-state index is -1.04. The molecule has 0 aliphatic rings. The molecule has 0 N–H and O–H groups in total. The van der Waals surface area contributed by atoms with Crippen molar-refractivity contribution in [1.29, 1.82) is 0 Å². The van der Waals surface area contributed by atoms with Crippen LogP contribution in [0.3, 0.4) is 0 Å². The van der Waals surface area contributed by atoms with Crippen LogP contribution in [0.1, 0.15) is 16.5 Å². The van der Waals surface area contributed by atoms with Gasteiger partial charge in [0.2, 0.25) is 0 Å². The van der Waals surface area contributed by atoms with E-state index in [1.807, 2.05) is 0 Å². The Balaban J connectivity index is 2.47. The van der Waals surface area contributed by atoms with Crippen molar-refractivity contribution < 1.29 is 22.6 Å². The molecule has 6 heteroatoms. The zero-order chi connectivity index (χ0) is 15.6. The van der Waals surface area contributed by atoms with Gasteiger partial charge in [0.1, 0.15) is 5.82 Å². The maximum absolute atomic E-state index is 14.1. The van der Waals surface area contributed by atoms with E-state index in [0.717, 1.165) is 18.2 Å². The van der Waals surface area contributed by atoms with Crippen molar-refractivity contribution in [3.63, 3.8) is 0 Å². The zero-order valence-corrected chi connectivity index (χ0v) is 12.0. The van der Waals surface area contributed by atoms with Gasteiger partial charge in [-0.05, 0) is 23.8 Å². The van der Waals surface area contributed by atoms with Gasteiger partial charge in [0.05, 0.1) is 19.6 Å². The molecule has 0 fully saturated rings. The lowest BCUT2D eigenvalue weighted by Crippen LogP contribution is -2.01. The number of rotatable bonds is 4. The van der Waals surface area contributed by atoms with Gasteiger partial charge in [0.25, 0.3) is 0 Å². The largest absolute Gasteiger partial charge is 0.493 e. The fourth-order valence-corrected chi connectivity index (χ4v) is 2.22. The van der Waals surface area contributed by atoms with Crippen LogP contribution in [0.25, 0.3) is 0 Å². The zero-order valence-electron chi connectivity index (χ0n) is 11.3. The van der Waals surface area contributed by atoms with Gasteiger partial charge >= 0.3 is 0 Å². The summed E-state index contributed by atoms with van der Waals surface area (Å²) in [6.07, 6.45) is 0. The standard InChI is InChI=1S/C15H12ClF3O2/c1-20-13-6-9(11(18)7-14(13)21-2)15(16)8-3-4-10(17)12(19)5-8/h3-7,15H,1-2H3. The third-order valence-electron chi connectivity index (χ3n) is 3.01. The van der Waals surface area contributed by atoms with Crippen molar-refractivity contribution >= 4 is 11.6 Å². The Bertz CT molecular complexity index is 662. The molecule has 0 heterocycles. The number of alkyl halides is 1. The lowest BCUT2D eigenvalue weighted by Gasteiger charge is -2.15. The third kappa shape index (κ3) is 3.08. The average molecular weight is 317 g/mol. The first-order valence-electron chi connectivity index (χ1n) is 5.98. The number of hydrogen-bond donors (Lipinski definition) is 0. The summed E-state index contributed by atoms with van der Waals surface area (Å²) in [4.78, 5) is 0. The summed E-state index contributed by atoms with van der Waals surface area (Å²) in [5.74, 6) is -2.15. The number of hydrogen-bond acceptors (Lipinski definition) is 2. The van der Waals surface area contributed by atoms with Gasteiger partial charge in [-0.2, -0.15) is 0 Å². The molecule has 0 saturated heterocycles. The Labute approximate surface area is 125 Å². The molecule has 0 aromatic heterocycles. The van der Waals surface area contributed by atoms with Crippen molar-refractivity contribution in [2.75, 3.05) is 14.2 Å². The highest BCUT2D eigenvalue weighted by Gasteiger charge is 2.20. The maximum Gasteiger partial charge on any atom is 0.163 e. The summed E-state index contributed by atoms with van der Waals surface area (Å²) in [6.45, 7) is 0. The molecule has 2 aromatic rings. The number of ether oxygens (including phenoxy) is 2. The molecule has 21 heavy (non-hydrogen) atoms. The summed E-state index contributed by atoms with van der Waals surface area (Å²) in [7, 11) is 2.78. The minimum absolute atomic E-state index is 0.0836. The van der Waals surface area contributed by atoms with E-state index in [9.17, 15) is 13.2 Å². The molecule has 2 nitrogen and oxygen atoms in total. The van der Waals surface area contributed by atoms with Crippen LogP contribution in [-0.4, -0.2) is 14.2 Å². The lowest BCUT2D eigenvalue weighted by atomic mass is 10.0. The second-order valence-corrected chi connectivity index (χ2v) is 4.70. The van der Waals surface area contributed by atoms with Crippen LogP contribution in [-0.2, 0) is 0 Å². The van der Waals surface area contributed by atoms with Crippen molar-refractivity contribution in [1.82, 2.24) is 0 Å². The summed E-state index contributed by atoms with van der Waals surface area (Å²) in [6, 6.07) is 5.67. The van der Waals surface area contributed by atoms with E-state index >= 15 is 0 Å². The predicted octanol–water partition coefficient (Wildman–Crippen LogP) is 4.45. The Morgan fingerprint density at radius 2 is 1.48 bits per heavy atom. The van der Waals surface area contributed by atoms with E-state index in [0.29, 0.717) is 5.75 Å². The highest BCUT2D eigenvalue weighted by atomic mass is 35.5. The topological polar surface area (TPSA) is 18.5 Å². The van der Waals surface area contributed by atoms with Crippen molar-refractivity contribution in [3.8, 4) is 11.5 Å². The highest BCUT2D eigenvalue weighted by molar-refractivity contribution is 6.22. The van der Waals surface area contributed by atoms with E-state index in [1.54, 1.807) is 0 Å². The van der Waals surface area contributed by atoms with Crippen LogP contribution in [0.15, 0.2) is 30.3 Å². The second-order valence-electron chi connectivity index (χ2n) is 4.26. The molecule has 0 radical (unpaired) electrons. The molecular formula is C15H12ClF3O2. The van der Waals surface area contributed by atoms with Gasteiger partial charge in [-0.1, -0.05) is 6.07 Å². The van der Waals surface area contributed by atoms with Crippen LogP contribution in [0.4, 0.5) is 13.2 Å². The molecular weight excluding hydrogens is 305 g/mol. The maximum atomic E-state index is 14.1. The summed E-state index contributed by atoms with van der Waals surface area (Å²) in [5.41, 5.74) is 0.321. The molecule has 0 saturated carbocycles. The average Bonchev–Trinajstić information content (AvgIpc) is 2.49. The molecule has 0 bridgehead atoms. The Morgan fingerprint density at radius 3 is 2.05 bits per heavy atom. The highest BCUT2D eigenvalue weighted by Crippen LogP contribution is 2.37. The van der Waals surface area contributed by atoms with E-state index in [1.165, 1.54) is 26.4 Å². The summed E-state index contributed by atoms with van der Waals surface area (Å²) >= 11 is 6.16. The predicted molar refractivity (Wildman–Crippen MR) is 73.6 cm³/mol. The van der Waals surface area contributed by atoms with E-state index in [2.05, 4.69) is 0 Å². The molecule has 112 valence electrons. The van der Waals surface area contributed by atoms with Crippen LogP contribution in [0, 0.1) is 17.5 Å². The van der Waals surface area contributed by atoms with Gasteiger partial charge < -0.3 is 9.47 Å². The number of benzene rings is 2. The minimum Gasteiger partial charge on any atom is -0.493 e. The van der Waals surface area contributed by atoms with Crippen molar-refractivity contribution in [2.24, 2.45) is 0 Å². The van der Waals surface area contributed by atoms with Crippen LogP contribution >= 0.6 is 11.6 Å². The summed E-state index contributed by atoms with van der Waals surface area (Å²) < 4.78 is 50.3. The lowest BCUT2D eigenvalue weighted by molar-refractivity contribution is 0.351. The molecule has 2 rings (SSSR count). The van der Waals surface area contributed by atoms with Crippen LogP contribution in [0.5, 0.6) is 11.5 Å².